The molecule has 3 N–H and O–H groups in total. The number of hydrogen-bond donors (Lipinski definition) is 2. The molecule has 0 bridgehead atoms. The molecule has 2 aliphatic rings. The Labute approximate surface area is 325 Å². The zero-order valence-corrected chi connectivity index (χ0v) is 30.9. The molecule has 18 heteroatoms. The van der Waals surface area contributed by atoms with Crippen LogP contribution in [0, 0.1) is 31.3 Å². The monoisotopic (exact) mass is 836 g/mol. The number of fused-ring (bicyclic) bond motifs is 2. The SMILES string of the molecule is Cc1cc2c(cc1-c1ccc(N)s1)OC(F)(F)O2.Cc1cc2c(cc1-c1ccc(NC(=O)c3c(F)cccc3F)s1)OC(F)(F)O2.O=C(Cl)c1ccccc1F. The third-order valence-electron chi connectivity index (χ3n) is 7.77. The predicted molar refractivity (Wildman–Crippen MR) is 197 cm³/mol. The number of rotatable bonds is 5. The second-order valence-corrected chi connectivity index (χ2v) is 14.3. The van der Waals surface area contributed by atoms with Crippen molar-refractivity contribution in [2.45, 2.75) is 26.4 Å². The molecule has 0 spiro atoms. The van der Waals surface area contributed by atoms with Crippen LogP contribution in [0.4, 0.5) is 40.7 Å². The van der Waals surface area contributed by atoms with E-state index in [2.05, 4.69) is 24.3 Å². The maximum absolute atomic E-state index is 13.7. The van der Waals surface area contributed by atoms with E-state index < -0.39 is 46.8 Å². The van der Waals surface area contributed by atoms with Crippen LogP contribution in [0.15, 0.2) is 91.0 Å². The van der Waals surface area contributed by atoms with E-state index in [-0.39, 0.29) is 28.6 Å². The first kappa shape index (κ1) is 39.9. The van der Waals surface area contributed by atoms with Crippen molar-refractivity contribution in [3.05, 3.63) is 131 Å². The first-order valence-corrected chi connectivity index (χ1v) is 17.9. The second kappa shape index (κ2) is 15.8. The van der Waals surface area contributed by atoms with Crippen LogP contribution in [0.2, 0.25) is 0 Å². The van der Waals surface area contributed by atoms with Gasteiger partial charge in [0.1, 0.15) is 23.0 Å². The number of alkyl halides is 4. The van der Waals surface area contributed by atoms with Gasteiger partial charge in [-0.3, -0.25) is 9.59 Å². The van der Waals surface area contributed by atoms with Gasteiger partial charge in [0.25, 0.3) is 11.1 Å². The summed E-state index contributed by atoms with van der Waals surface area (Å²) in [5, 5.41) is 2.68. The summed E-state index contributed by atoms with van der Waals surface area (Å²) in [5.74, 6) is -3.50. The minimum absolute atomic E-state index is 0.0487. The van der Waals surface area contributed by atoms with Crippen molar-refractivity contribution in [1.29, 1.82) is 0 Å². The van der Waals surface area contributed by atoms with Crippen LogP contribution in [-0.2, 0) is 0 Å². The van der Waals surface area contributed by atoms with Crippen molar-refractivity contribution in [3.63, 3.8) is 0 Å². The van der Waals surface area contributed by atoms with E-state index in [1.54, 1.807) is 43.3 Å². The van der Waals surface area contributed by atoms with Crippen molar-refractivity contribution in [2.24, 2.45) is 0 Å². The molecule has 4 heterocycles. The average molecular weight is 837 g/mol. The largest absolute Gasteiger partial charge is 0.586 e. The molecule has 6 aromatic rings. The molecule has 0 saturated heterocycles. The van der Waals surface area contributed by atoms with E-state index in [0.717, 1.165) is 45.5 Å². The number of nitrogens with one attached hydrogen (secondary N) is 1. The summed E-state index contributed by atoms with van der Waals surface area (Å²) in [6.45, 7) is 3.54. The number of benzene rings is 4. The lowest BCUT2D eigenvalue weighted by atomic mass is 10.1. The Hall–Kier alpha value is -5.78. The lowest BCUT2D eigenvalue weighted by Gasteiger charge is -2.06. The lowest BCUT2D eigenvalue weighted by molar-refractivity contribution is -0.287. The smallest absolute Gasteiger partial charge is 0.395 e. The Morgan fingerprint density at radius 3 is 1.57 bits per heavy atom. The van der Waals surface area contributed by atoms with Gasteiger partial charge in [-0.15, -0.1) is 40.2 Å². The van der Waals surface area contributed by atoms with Gasteiger partial charge in [-0.25, -0.2) is 13.2 Å². The molecule has 0 fully saturated rings. The number of halogens is 8. The van der Waals surface area contributed by atoms with Gasteiger partial charge in [0.05, 0.1) is 15.6 Å². The van der Waals surface area contributed by atoms with Gasteiger partial charge < -0.3 is 30.0 Å². The van der Waals surface area contributed by atoms with E-state index in [0.29, 0.717) is 26.0 Å². The van der Waals surface area contributed by atoms with Crippen molar-refractivity contribution >= 4 is 55.4 Å². The van der Waals surface area contributed by atoms with Gasteiger partial charge in [0, 0.05) is 9.75 Å². The van der Waals surface area contributed by atoms with Crippen LogP contribution >= 0.6 is 34.3 Å². The third-order valence-corrected chi connectivity index (χ3v) is 9.96. The molecule has 8 rings (SSSR count). The summed E-state index contributed by atoms with van der Waals surface area (Å²) >= 11 is 7.54. The molecule has 56 heavy (non-hydrogen) atoms. The standard InChI is InChI=1S/C19H11F4NO3S.C12H9F2NO2S.C7H4ClFO/c1-9-7-13-14(27-19(22,23)26-13)8-10(9)15-5-6-16(28-15)24-18(25)17-11(20)3-2-4-12(17)21;1-6-4-8-9(17-12(13,14)16-8)5-7(6)10-2-3-11(15)18-10;8-7(10)5-3-1-2-4-6(5)9/h2-8H,1H3,(H,24,25);2-5H,15H2,1H3;1-4H. The molecule has 290 valence electrons. The van der Waals surface area contributed by atoms with Crippen LogP contribution in [0.5, 0.6) is 23.0 Å². The Bertz CT molecular complexity index is 2460. The van der Waals surface area contributed by atoms with Crippen LogP contribution in [0.25, 0.3) is 20.9 Å². The molecule has 0 unspecified atom stereocenters. The summed E-state index contributed by atoms with van der Waals surface area (Å²) in [7, 11) is 0. The van der Waals surface area contributed by atoms with Crippen LogP contribution in [-0.4, -0.2) is 23.7 Å². The van der Waals surface area contributed by atoms with Crippen molar-refractivity contribution < 1.29 is 59.3 Å². The maximum atomic E-state index is 13.7. The van der Waals surface area contributed by atoms with E-state index in [1.165, 1.54) is 41.7 Å². The zero-order valence-electron chi connectivity index (χ0n) is 28.5. The number of carbonyl (C=O) groups excluding carboxylic acids is 2. The van der Waals surface area contributed by atoms with E-state index >= 15 is 0 Å². The van der Waals surface area contributed by atoms with Gasteiger partial charge in [0.2, 0.25) is 0 Å². The molecule has 2 aliphatic heterocycles. The molecule has 8 nitrogen and oxygen atoms in total. The van der Waals surface area contributed by atoms with Crippen molar-refractivity contribution in [1.82, 2.24) is 0 Å². The van der Waals surface area contributed by atoms with E-state index in [4.69, 9.17) is 17.3 Å². The number of hydrogen-bond acceptors (Lipinski definition) is 9. The summed E-state index contributed by atoms with van der Waals surface area (Å²) in [6, 6.07) is 21.5. The van der Waals surface area contributed by atoms with E-state index in [9.17, 15) is 40.3 Å². The number of nitrogens with two attached hydrogens (primary N) is 1. The number of anilines is 2. The number of nitrogen functional groups attached to an aromatic ring is 1. The Morgan fingerprint density at radius 2 is 1.11 bits per heavy atom. The Balaban J connectivity index is 0.000000161. The lowest BCUT2D eigenvalue weighted by Crippen LogP contribution is -2.25. The third kappa shape index (κ3) is 9.01. The van der Waals surface area contributed by atoms with Gasteiger partial charge in [-0.05, 0) is 120 Å². The molecule has 0 atom stereocenters. The zero-order chi connectivity index (χ0) is 40.5. The summed E-state index contributed by atoms with van der Waals surface area (Å²) < 4.78 is 110. The van der Waals surface area contributed by atoms with Gasteiger partial charge >= 0.3 is 12.6 Å². The quantitative estimate of drug-likeness (QED) is 0.131. The molecular formula is C38H24ClF7N2O6S2. The first-order chi connectivity index (χ1) is 26.4. The average Bonchev–Trinajstić information content (AvgIpc) is 3.88. The Morgan fingerprint density at radius 1 is 0.643 bits per heavy atom. The second-order valence-electron chi connectivity index (χ2n) is 11.7. The first-order valence-electron chi connectivity index (χ1n) is 15.9. The number of aryl methyl sites for hydroxylation is 2. The molecule has 0 saturated carbocycles. The van der Waals surface area contributed by atoms with Crippen LogP contribution in [0.1, 0.15) is 31.8 Å². The van der Waals surface area contributed by atoms with Crippen molar-refractivity contribution in [3.8, 4) is 43.9 Å². The number of thiophene rings is 2. The minimum Gasteiger partial charge on any atom is -0.395 e. The Kier molecular flexibility index (Phi) is 11.2. The fourth-order valence-electron chi connectivity index (χ4n) is 5.28. The van der Waals surface area contributed by atoms with Gasteiger partial charge in [-0.1, -0.05) is 18.2 Å². The van der Waals surface area contributed by atoms with Crippen LogP contribution in [0.3, 0.4) is 0 Å². The summed E-state index contributed by atoms with van der Waals surface area (Å²) in [5.41, 5.74) is 7.80. The molecule has 1 amide bonds. The molecular weight excluding hydrogens is 813 g/mol. The normalized spacial score (nSPS) is 13.9. The highest BCUT2D eigenvalue weighted by atomic mass is 35.5. The van der Waals surface area contributed by atoms with E-state index in [1.807, 2.05) is 13.0 Å². The van der Waals surface area contributed by atoms with Gasteiger partial charge in [-0.2, -0.15) is 0 Å². The predicted octanol–water partition coefficient (Wildman–Crippen LogP) is 11.4. The summed E-state index contributed by atoms with van der Waals surface area (Å²) in [6.07, 6.45) is -7.30. The number of ether oxygens (including phenoxy) is 4. The van der Waals surface area contributed by atoms with Crippen LogP contribution < -0.4 is 30.0 Å². The molecule has 0 radical (unpaired) electrons. The summed E-state index contributed by atoms with van der Waals surface area (Å²) in [4.78, 5) is 24.1. The molecule has 2 aromatic heterocycles. The fraction of sp³-hybridized carbons (Fsp3) is 0.105. The fourth-order valence-corrected chi connectivity index (χ4v) is 7.28. The topological polar surface area (TPSA) is 109 Å². The molecule has 0 aliphatic carbocycles. The molecule has 4 aromatic carbocycles. The highest BCUT2D eigenvalue weighted by molar-refractivity contribution is 7.19. The van der Waals surface area contributed by atoms with Crippen molar-refractivity contribution in [2.75, 3.05) is 11.1 Å². The maximum Gasteiger partial charge on any atom is 0.586 e. The number of amides is 1. The van der Waals surface area contributed by atoms with Gasteiger partial charge in [0.15, 0.2) is 23.0 Å². The highest BCUT2D eigenvalue weighted by Gasteiger charge is 2.44. The highest BCUT2D eigenvalue weighted by Crippen LogP contribution is 2.47. The number of carbonyl (C=O) groups is 2. The minimum atomic E-state index is -3.72.